The number of rotatable bonds is 7. The SMILES string of the molecule is C[C@H](N)C(=O)N[C@@H](C)C(=O)N1C[C@@H](c2ccccc2)C[C@H]1CN1CCC(c2ccccc2)C1. The minimum Gasteiger partial charge on any atom is -0.343 e. The number of nitrogens with two attached hydrogens (primary N) is 1. The van der Waals surface area contributed by atoms with Gasteiger partial charge in [0.15, 0.2) is 0 Å². The second kappa shape index (κ2) is 10.5. The Hall–Kier alpha value is -2.70. The largest absolute Gasteiger partial charge is 0.343 e. The fraction of sp³-hybridized carbons (Fsp3) is 0.481. The molecule has 1 unspecified atom stereocenters. The summed E-state index contributed by atoms with van der Waals surface area (Å²) in [5.41, 5.74) is 8.36. The van der Waals surface area contributed by atoms with Gasteiger partial charge < -0.3 is 20.9 Å². The Morgan fingerprint density at radius 1 is 0.970 bits per heavy atom. The molecule has 2 aromatic rings. The molecule has 5 atom stereocenters. The van der Waals surface area contributed by atoms with Crippen LogP contribution < -0.4 is 11.1 Å². The summed E-state index contributed by atoms with van der Waals surface area (Å²) in [5, 5.41) is 2.78. The van der Waals surface area contributed by atoms with Crippen molar-refractivity contribution in [2.75, 3.05) is 26.2 Å². The summed E-state index contributed by atoms with van der Waals surface area (Å²) < 4.78 is 0. The van der Waals surface area contributed by atoms with Gasteiger partial charge in [-0.1, -0.05) is 60.7 Å². The van der Waals surface area contributed by atoms with E-state index >= 15 is 0 Å². The third-order valence-electron chi connectivity index (χ3n) is 7.12. The van der Waals surface area contributed by atoms with Gasteiger partial charge in [-0.15, -0.1) is 0 Å². The summed E-state index contributed by atoms with van der Waals surface area (Å²) in [6.45, 7) is 7.01. The van der Waals surface area contributed by atoms with Crippen LogP contribution in [0.3, 0.4) is 0 Å². The Morgan fingerprint density at radius 3 is 2.18 bits per heavy atom. The van der Waals surface area contributed by atoms with Gasteiger partial charge in [0.05, 0.1) is 6.04 Å². The molecule has 0 saturated carbocycles. The van der Waals surface area contributed by atoms with Gasteiger partial charge in [0.1, 0.15) is 6.04 Å². The van der Waals surface area contributed by atoms with Crippen molar-refractivity contribution in [2.24, 2.45) is 5.73 Å². The highest BCUT2D eigenvalue weighted by atomic mass is 16.2. The number of carbonyl (C=O) groups excluding carboxylic acids is 2. The van der Waals surface area contributed by atoms with E-state index in [0.717, 1.165) is 32.5 Å². The number of hydrogen-bond donors (Lipinski definition) is 2. The number of likely N-dealkylation sites (tertiary alicyclic amines) is 2. The molecule has 176 valence electrons. The molecule has 0 radical (unpaired) electrons. The maximum Gasteiger partial charge on any atom is 0.245 e. The fourth-order valence-electron chi connectivity index (χ4n) is 5.28. The van der Waals surface area contributed by atoms with Crippen LogP contribution in [0.1, 0.15) is 49.7 Å². The number of nitrogens with zero attached hydrogens (tertiary/aromatic N) is 2. The topological polar surface area (TPSA) is 78.7 Å². The first kappa shape index (κ1) is 23.5. The van der Waals surface area contributed by atoms with E-state index in [1.165, 1.54) is 11.1 Å². The predicted molar refractivity (Wildman–Crippen MR) is 131 cm³/mol. The third-order valence-corrected chi connectivity index (χ3v) is 7.12. The number of benzene rings is 2. The molecule has 6 nitrogen and oxygen atoms in total. The van der Waals surface area contributed by atoms with E-state index < -0.39 is 12.1 Å². The third kappa shape index (κ3) is 5.63. The van der Waals surface area contributed by atoms with Crippen LogP contribution in [0.4, 0.5) is 0 Å². The molecule has 0 bridgehead atoms. The molecule has 2 fully saturated rings. The summed E-state index contributed by atoms with van der Waals surface area (Å²) in [7, 11) is 0. The van der Waals surface area contributed by atoms with E-state index in [0.29, 0.717) is 18.4 Å². The second-order valence-electron chi connectivity index (χ2n) is 9.66. The average Bonchev–Trinajstić information content (AvgIpc) is 3.47. The first-order valence-electron chi connectivity index (χ1n) is 12.1. The van der Waals surface area contributed by atoms with Gasteiger partial charge in [-0.25, -0.2) is 0 Å². The highest BCUT2D eigenvalue weighted by Crippen LogP contribution is 2.34. The monoisotopic (exact) mass is 448 g/mol. The van der Waals surface area contributed by atoms with E-state index in [4.69, 9.17) is 5.73 Å². The van der Waals surface area contributed by atoms with Crippen LogP contribution in [0.25, 0.3) is 0 Å². The van der Waals surface area contributed by atoms with Crippen molar-refractivity contribution in [2.45, 2.75) is 56.7 Å². The molecule has 3 N–H and O–H groups in total. The smallest absolute Gasteiger partial charge is 0.245 e. The molecule has 33 heavy (non-hydrogen) atoms. The Kier molecular flexibility index (Phi) is 7.46. The molecule has 4 rings (SSSR count). The quantitative estimate of drug-likeness (QED) is 0.683. The molecule has 2 saturated heterocycles. The van der Waals surface area contributed by atoms with Crippen molar-refractivity contribution in [3.63, 3.8) is 0 Å². The van der Waals surface area contributed by atoms with E-state index in [1.54, 1.807) is 13.8 Å². The maximum atomic E-state index is 13.4. The van der Waals surface area contributed by atoms with Crippen LogP contribution in [0.5, 0.6) is 0 Å². The lowest BCUT2D eigenvalue weighted by molar-refractivity contribution is -0.137. The van der Waals surface area contributed by atoms with Crippen LogP contribution >= 0.6 is 0 Å². The van der Waals surface area contributed by atoms with Gasteiger partial charge >= 0.3 is 0 Å². The van der Waals surface area contributed by atoms with Crippen molar-refractivity contribution in [1.29, 1.82) is 0 Å². The molecular formula is C27H36N4O2. The lowest BCUT2D eigenvalue weighted by Crippen LogP contribution is -2.53. The molecule has 2 amide bonds. The van der Waals surface area contributed by atoms with Gasteiger partial charge in [0.2, 0.25) is 11.8 Å². The molecule has 2 aliphatic heterocycles. The zero-order valence-corrected chi connectivity index (χ0v) is 19.7. The molecular weight excluding hydrogens is 412 g/mol. The van der Waals surface area contributed by atoms with E-state index in [1.807, 2.05) is 11.0 Å². The van der Waals surface area contributed by atoms with Crippen molar-refractivity contribution in [3.8, 4) is 0 Å². The highest BCUT2D eigenvalue weighted by molar-refractivity contribution is 5.89. The molecule has 2 heterocycles. The van der Waals surface area contributed by atoms with Gasteiger partial charge in [-0.3, -0.25) is 9.59 Å². The summed E-state index contributed by atoms with van der Waals surface area (Å²) in [4.78, 5) is 30.0. The van der Waals surface area contributed by atoms with E-state index in [-0.39, 0.29) is 17.9 Å². The minimum absolute atomic E-state index is 0.0220. The molecule has 6 heteroatoms. The Bertz CT molecular complexity index is 934. The Balaban J connectivity index is 1.46. The molecule has 0 spiro atoms. The van der Waals surface area contributed by atoms with Gasteiger partial charge in [0.25, 0.3) is 0 Å². The average molecular weight is 449 g/mol. The summed E-state index contributed by atoms with van der Waals surface area (Å²) >= 11 is 0. The van der Waals surface area contributed by atoms with Crippen LogP contribution in [-0.2, 0) is 9.59 Å². The lowest BCUT2D eigenvalue weighted by Gasteiger charge is -2.31. The highest BCUT2D eigenvalue weighted by Gasteiger charge is 2.39. The van der Waals surface area contributed by atoms with Crippen LogP contribution in [0.2, 0.25) is 0 Å². The standard InChI is InChI=1S/C27H36N4O2/c1-19(28)26(32)29-20(2)27(33)31-17-24(22-11-7-4-8-12-22)15-25(31)18-30-14-13-23(16-30)21-9-5-3-6-10-21/h3-12,19-20,23-25H,13-18,28H2,1-2H3,(H,29,32)/t19-,20-,23?,24-,25-/m0/s1. The zero-order valence-electron chi connectivity index (χ0n) is 19.7. The minimum atomic E-state index is -0.633. The molecule has 0 aromatic heterocycles. The zero-order chi connectivity index (χ0) is 23.4. The summed E-state index contributed by atoms with van der Waals surface area (Å²) in [6, 6.07) is 20.1. The van der Waals surface area contributed by atoms with Crippen molar-refractivity contribution < 1.29 is 9.59 Å². The Labute approximate surface area is 197 Å². The van der Waals surface area contributed by atoms with Crippen molar-refractivity contribution in [3.05, 3.63) is 71.8 Å². The first-order valence-corrected chi connectivity index (χ1v) is 12.1. The number of nitrogens with one attached hydrogen (secondary N) is 1. The molecule has 2 aliphatic rings. The first-order chi connectivity index (χ1) is 15.9. The van der Waals surface area contributed by atoms with E-state index in [9.17, 15) is 9.59 Å². The molecule has 0 aliphatic carbocycles. The second-order valence-corrected chi connectivity index (χ2v) is 9.66. The summed E-state index contributed by atoms with van der Waals surface area (Å²) in [6.07, 6.45) is 2.09. The van der Waals surface area contributed by atoms with Crippen LogP contribution in [0, 0.1) is 0 Å². The Morgan fingerprint density at radius 2 is 1.58 bits per heavy atom. The maximum absolute atomic E-state index is 13.4. The van der Waals surface area contributed by atoms with Crippen LogP contribution in [0.15, 0.2) is 60.7 Å². The van der Waals surface area contributed by atoms with Gasteiger partial charge in [-0.05, 0) is 50.3 Å². The number of hydrogen-bond acceptors (Lipinski definition) is 4. The number of carbonyl (C=O) groups is 2. The number of amides is 2. The molecule has 2 aromatic carbocycles. The van der Waals surface area contributed by atoms with Crippen molar-refractivity contribution >= 4 is 11.8 Å². The fourth-order valence-corrected chi connectivity index (χ4v) is 5.28. The van der Waals surface area contributed by atoms with Gasteiger partial charge in [-0.2, -0.15) is 0 Å². The lowest BCUT2D eigenvalue weighted by atomic mass is 9.96. The van der Waals surface area contributed by atoms with Crippen LogP contribution in [-0.4, -0.2) is 65.9 Å². The normalized spacial score (nSPS) is 25.1. The predicted octanol–water partition coefficient (Wildman–Crippen LogP) is 2.71. The van der Waals surface area contributed by atoms with Gasteiger partial charge in [0, 0.05) is 31.6 Å². The summed E-state index contributed by atoms with van der Waals surface area (Å²) in [5.74, 6) is 0.539. The van der Waals surface area contributed by atoms with Crippen molar-refractivity contribution in [1.82, 2.24) is 15.1 Å². The van der Waals surface area contributed by atoms with E-state index in [2.05, 4.69) is 64.8 Å².